The Labute approximate surface area is 188 Å². The van der Waals surface area contributed by atoms with Crippen LogP contribution in [0.15, 0.2) is 36.4 Å². The first-order valence-electron chi connectivity index (χ1n) is 11.5. The number of ketones is 1. The Balaban J connectivity index is 1.41. The molecule has 1 aliphatic carbocycles. The van der Waals surface area contributed by atoms with E-state index in [9.17, 15) is 9.18 Å². The smallest absolute Gasteiger partial charge is 0.173 e. The minimum Gasteiger partial charge on any atom is -0.306 e. The molecule has 0 spiro atoms. The van der Waals surface area contributed by atoms with Crippen molar-refractivity contribution in [3.63, 3.8) is 0 Å². The molecule has 1 fully saturated rings. The van der Waals surface area contributed by atoms with E-state index in [1.54, 1.807) is 23.5 Å². The lowest BCUT2D eigenvalue weighted by Crippen LogP contribution is -2.30. The first-order valence-corrected chi connectivity index (χ1v) is 12.3. The van der Waals surface area contributed by atoms with Crippen molar-refractivity contribution < 1.29 is 9.18 Å². The highest BCUT2D eigenvalue weighted by molar-refractivity contribution is 7.21. The van der Waals surface area contributed by atoms with E-state index in [1.807, 2.05) is 6.07 Å². The van der Waals surface area contributed by atoms with Gasteiger partial charge in [0.05, 0.1) is 4.88 Å². The molecule has 1 atom stereocenters. The number of hydrogen-bond acceptors (Lipinski definition) is 3. The molecule has 2 aromatic carbocycles. The van der Waals surface area contributed by atoms with Crippen molar-refractivity contribution in [2.24, 2.45) is 5.92 Å². The minimum absolute atomic E-state index is 0.151. The second kappa shape index (κ2) is 8.48. The van der Waals surface area contributed by atoms with Gasteiger partial charge in [-0.15, -0.1) is 11.3 Å². The Bertz CT molecular complexity index is 1130. The van der Waals surface area contributed by atoms with E-state index >= 15 is 0 Å². The van der Waals surface area contributed by atoms with Gasteiger partial charge in [0, 0.05) is 17.0 Å². The number of carbonyl (C=O) groups excluding carboxylic acids is 1. The number of rotatable bonds is 5. The van der Waals surface area contributed by atoms with Gasteiger partial charge in [-0.25, -0.2) is 4.39 Å². The predicted octanol–water partition coefficient (Wildman–Crippen LogP) is 6.73. The summed E-state index contributed by atoms with van der Waals surface area (Å²) in [6, 6.07) is 11.7. The summed E-state index contributed by atoms with van der Waals surface area (Å²) in [5.74, 6) is 1.12. The zero-order valence-corrected chi connectivity index (χ0v) is 19.2. The van der Waals surface area contributed by atoms with Gasteiger partial charge in [-0.3, -0.25) is 4.79 Å². The third kappa shape index (κ3) is 3.96. The van der Waals surface area contributed by atoms with Gasteiger partial charge >= 0.3 is 0 Å². The highest BCUT2D eigenvalue weighted by Crippen LogP contribution is 2.44. The van der Waals surface area contributed by atoms with Gasteiger partial charge in [0.15, 0.2) is 5.78 Å². The van der Waals surface area contributed by atoms with E-state index in [2.05, 4.69) is 37.1 Å². The van der Waals surface area contributed by atoms with Gasteiger partial charge in [-0.1, -0.05) is 18.2 Å². The van der Waals surface area contributed by atoms with Crippen molar-refractivity contribution in [3.05, 3.63) is 69.3 Å². The van der Waals surface area contributed by atoms with E-state index in [-0.39, 0.29) is 11.7 Å². The van der Waals surface area contributed by atoms with Crippen molar-refractivity contribution in [2.75, 3.05) is 20.1 Å². The molecule has 0 amide bonds. The van der Waals surface area contributed by atoms with Crippen LogP contribution in [0.1, 0.15) is 69.9 Å². The zero-order valence-electron chi connectivity index (χ0n) is 18.4. The molecule has 0 bridgehead atoms. The van der Waals surface area contributed by atoms with Crippen LogP contribution in [-0.4, -0.2) is 30.8 Å². The van der Waals surface area contributed by atoms with Crippen LogP contribution < -0.4 is 0 Å². The van der Waals surface area contributed by atoms with Crippen LogP contribution in [0.5, 0.6) is 0 Å². The number of hydrogen-bond donors (Lipinski definition) is 0. The largest absolute Gasteiger partial charge is 0.306 e. The van der Waals surface area contributed by atoms with Crippen LogP contribution in [0.2, 0.25) is 0 Å². The first-order chi connectivity index (χ1) is 15.0. The average molecular weight is 436 g/mol. The first kappa shape index (κ1) is 20.8. The molecule has 1 aliphatic heterocycles. The fourth-order valence-corrected chi connectivity index (χ4v) is 6.81. The molecule has 4 heteroatoms. The molecule has 0 N–H and O–H groups in total. The quantitative estimate of drug-likeness (QED) is 0.414. The maximum atomic E-state index is 13.7. The third-order valence-corrected chi connectivity index (χ3v) is 8.71. The molecule has 3 aromatic rings. The molecule has 0 radical (unpaired) electrons. The normalized spacial score (nSPS) is 19.8. The molecule has 1 saturated heterocycles. The number of carbonyl (C=O) groups is 1. The summed E-state index contributed by atoms with van der Waals surface area (Å²) in [6.07, 6.45) is 6.01. The average Bonchev–Trinajstić information content (AvgIpc) is 3.34. The number of fused-ring (bicyclic) bond motifs is 2. The number of nitrogens with zero attached hydrogens (tertiary/aromatic N) is 1. The summed E-state index contributed by atoms with van der Waals surface area (Å²) in [4.78, 5) is 16.5. The Kier molecular flexibility index (Phi) is 5.70. The standard InChI is InChI=1S/C27H30FNOS/c1-17-26-23(22-9-7-19-16-20(28)8-10-21(19)22)4-3-5-25(26)31-27(17)24(30)11-6-18-12-14-29(2)15-13-18/h3-5,8,10,16,18,22H,6-7,9,11-15H2,1-2H3. The van der Waals surface area contributed by atoms with Crippen molar-refractivity contribution >= 4 is 27.2 Å². The highest BCUT2D eigenvalue weighted by atomic mass is 32.1. The molecule has 2 aliphatic rings. The number of Topliss-reactive ketones (excluding diaryl/α,β-unsaturated/α-hetero) is 1. The molecule has 2 heterocycles. The number of piperidine rings is 1. The van der Waals surface area contributed by atoms with E-state index in [1.165, 1.54) is 34.1 Å². The van der Waals surface area contributed by atoms with Crippen LogP contribution in [-0.2, 0) is 6.42 Å². The summed E-state index contributed by atoms with van der Waals surface area (Å²) in [7, 11) is 2.18. The summed E-state index contributed by atoms with van der Waals surface area (Å²) >= 11 is 1.66. The number of aryl methyl sites for hydroxylation is 2. The van der Waals surface area contributed by atoms with Crippen molar-refractivity contribution in [3.8, 4) is 0 Å². The zero-order chi connectivity index (χ0) is 21.5. The van der Waals surface area contributed by atoms with Crippen LogP contribution in [0.4, 0.5) is 4.39 Å². The fourth-order valence-electron chi connectivity index (χ4n) is 5.60. The second-order valence-electron chi connectivity index (χ2n) is 9.42. The van der Waals surface area contributed by atoms with Crippen LogP contribution in [0, 0.1) is 18.7 Å². The molecular weight excluding hydrogens is 405 g/mol. The van der Waals surface area contributed by atoms with Gasteiger partial charge in [0.1, 0.15) is 5.82 Å². The van der Waals surface area contributed by atoms with Crippen molar-refractivity contribution in [1.82, 2.24) is 4.90 Å². The summed E-state index contributed by atoms with van der Waals surface area (Å²) < 4.78 is 14.9. The van der Waals surface area contributed by atoms with Crippen LogP contribution >= 0.6 is 11.3 Å². The molecular formula is C27H30FNOS. The molecule has 1 aromatic heterocycles. The van der Waals surface area contributed by atoms with Gasteiger partial charge < -0.3 is 4.90 Å². The second-order valence-corrected chi connectivity index (χ2v) is 10.5. The Morgan fingerprint density at radius 1 is 1.13 bits per heavy atom. The highest BCUT2D eigenvalue weighted by Gasteiger charge is 2.28. The summed E-state index contributed by atoms with van der Waals surface area (Å²) in [5.41, 5.74) is 4.81. The molecule has 5 rings (SSSR count). The summed E-state index contributed by atoms with van der Waals surface area (Å²) in [6.45, 7) is 4.42. The number of halogens is 1. The monoisotopic (exact) mass is 435 g/mol. The van der Waals surface area contributed by atoms with E-state index in [4.69, 9.17) is 0 Å². The maximum Gasteiger partial charge on any atom is 0.173 e. The lowest BCUT2D eigenvalue weighted by Gasteiger charge is -2.28. The molecule has 31 heavy (non-hydrogen) atoms. The Morgan fingerprint density at radius 3 is 2.74 bits per heavy atom. The number of likely N-dealkylation sites (tertiary alicyclic amines) is 1. The predicted molar refractivity (Wildman–Crippen MR) is 127 cm³/mol. The Hall–Kier alpha value is -2.04. The molecule has 2 nitrogen and oxygen atoms in total. The molecule has 1 unspecified atom stereocenters. The van der Waals surface area contributed by atoms with E-state index < -0.39 is 0 Å². The van der Waals surface area contributed by atoms with E-state index in [0.29, 0.717) is 18.1 Å². The molecule has 162 valence electrons. The third-order valence-electron chi connectivity index (χ3n) is 7.42. The van der Waals surface area contributed by atoms with Crippen LogP contribution in [0.25, 0.3) is 10.1 Å². The van der Waals surface area contributed by atoms with Crippen molar-refractivity contribution in [2.45, 2.75) is 51.4 Å². The minimum atomic E-state index is -0.151. The van der Waals surface area contributed by atoms with Crippen LogP contribution in [0.3, 0.4) is 0 Å². The Morgan fingerprint density at radius 2 is 1.94 bits per heavy atom. The van der Waals surface area contributed by atoms with Gasteiger partial charge in [0.2, 0.25) is 0 Å². The van der Waals surface area contributed by atoms with Gasteiger partial charge in [0.25, 0.3) is 0 Å². The number of benzene rings is 2. The SMILES string of the molecule is Cc1c(C(=O)CCC2CCN(C)CC2)sc2cccc(C3CCc4cc(F)ccc43)c12. The number of thiophene rings is 1. The topological polar surface area (TPSA) is 20.3 Å². The van der Waals surface area contributed by atoms with Crippen molar-refractivity contribution in [1.29, 1.82) is 0 Å². The lowest BCUT2D eigenvalue weighted by molar-refractivity contribution is 0.0969. The summed E-state index contributed by atoms with van der Waals surface area (Å²) in [5, 5.41) is 1.25. The maximum absolute atomic E-state index is 13.7. The molecule has 0 saturated carbocycles. The lowest BCUT2D eigenvalue weighted by atomic mass is 9.88. The van der Waals surface area contributed by atoms with Gasteiger partial charge in [-0.05, 0) is 111 Å². The fraction of sp³-hybridized carbons (Fsp3) is 0.444. The van der Waals surface area contributed by atoms with Gasteiger partial charge in [-0.2, -0.15) is 0 Å². The van der Waals surface area contributed by atoms with E-state index in [0.717, 1.165) is 48.4 Å².